The molecule has 2 aromatic carbocycles. The van der Waals surface area contributed by atoms with Crippen LogP contribution in [0.5, 0.6) is 0 Å². The Kier molecular flexibility index (Phi) is 19.4. The zero-order valence-electron chi connectivity index (χ0n) is 36.6. The number of aryl methyl sites for hydroxylation is 3. The summed E-state index contributed by atoms with van der Waals surface area (Å²) in [6.07, 6.45) is 34.3. The molecule has 59 heavy (non-hydrogen) atoms. The Balaban J connectivity index is 1.87. The number of unbranched alkanes of at least 4 members (excludes halogenated alkanes) is 14. The zero-order valence-corrected chi connectivity index (χ0v) is 38.2. The van der Waals surface area contributed by atoms with Crippen LogP contribution in [0, 0.1) is 5.92 Å². The molecule has 0 saturated carbocycles. The fraction of sp³-hybridized carbons (Fsp3) is 0.617. The maximum Gasteiger partial charge on any atom is 0.294 e. The minimum Gasteiger partial charge on any atom is -0.282 e. The van der Waals surface area contributed by atoms with Crippen LogP contribution in [-0.4, -0.2) is 35.1 Å². The van der Waals surface area contributed by atoms with Gasteiger partial charge in [0.15, 0.2) is 0 Å². The molecule has 2 aromatic heterocycles. The highest BCUT2D eigenvalue weighted by Gasteiger charge is 2.46. The van der Waals surface area contributed by atoms with Crippen LogP contribution in [-0.2, 0) is 46.3 Å². The van der Waals surface area contributed by atoms with Crippen molar-refractivity contribution in [1.29, 1.82) is 0 Å². The second-order valence-corrected chi connectivity index (χ2v) is 20.1. The molecule has 0 aliphatic heterocycles. The minimum atomic E-state index is -4.40. The summed E-state index contributed by atoms with van der Waals surface area (Å²) in [4.78, 5) is -0.261. The van der Waals surface area contributed by atoms with Crippen molar-refractivity contribution in [3.05, 3.63) is 97.1 Å². The number of nitrogens with zero attached hydrogens (tertiary/aromatic N) is 4. The molecule has 0 aliphatic carbocycles. The van der Waals surface area contributed by atoms with E-state index in [1.54, 1.807) is 0 Å². The van der Waals surface area contributed by atoms with Crippen molar-refractivity contribution in [3.63, 3.8) is 0 Å². The van der Waals surface area contributed by atoms with Crippen LogP contribution >= 0.6 is 0 Å². The Labute approximate surface area is 356 Å². The third-order valence-electron chi connectivity index (χ3n) is 12.6. The summed E-state index contributed by atoms with van der Waals surface area (Å²) in [5.74, 6) is -0.119. The predicted octanol–water partition coefficient (Wildman–Crippen LogP) is 10.5. The van der Waals surface area contributed by atoms with Crippen LogP contribution < -0.4 is 9.13 Å². The fourth-order valence-electron chi connectivity index (χ4n) is 9.25. The quantitative estimate of drug-likeness (QED) is 0.0318. The van der Waals surface area contributed by atoms with E-state index in [0.29, 0.717) is 0 Å². The molecule has 4 rings (SSSR count). The van der Waals surface area contributed by atoms with E-state index in [-0.39, 0.29) is 27.7 Å². The Morgan fingerprint density at radius 3 is 1.56 bits per heavy atom. The number of rotatable bonds is 29. The summed E-state index contributed by atoms with van der Waals surface area (Å²) in [5.41, 5.74) is 1.55. The number of hydrogen-bond acceptors (Lipinski definition) is 4. The number of imidazole rings is 2. The van der Waals surface area contributed by atoms with Gasteiger partial charge in [0, 0.05) is 5.92 Å². The molecule has 0 amide bonds. The van der Waals surface area contributed by atoms with Gasteiger partial charge in [-0.3, -0.25) is 9.11 Å². The normalized spacial score (nSPS) is 14.9. The van der Waals surface area contributed by atoms with Gasteiger partial charge in [0.25, 0.3) is 20.2 Å². The van der Waals surface area contributed by atoms with Gasteiger partial charge in [0.1, 0.15) is 30.8 Å². The molecule has 12 heteroatoms. The molecule has 0 radical (unpaired) electrons. The maximum atomic E-state index is 12.3. The molecular formula is C47H74N4O6S2+2. The lowest BCUT2D eigenvalue weighted by Crippen LogP contribution is -2.40. The largest absolute Gasteiger partial charge is 0.294 e. The number of aromatic nitrogens is 4. The van der Waals surface area contributed by atoms with E-state index >= 15 is 0 Å². The first kappa shape index (κ1) is 48.3. The van der Waals surface area contributed by atoms with Gasteiger partial charge in [-0.15, -0.1) is 0 Å². The molecule has 0 aliphatic rings. The molecule has 2 N–H and O–H groups in total. The van der Waals surface area contributed by atoms with Crippen LogP contribution in [0.1, 0.15) is 166 Å². The standard InChI is InChI=1S/C47H72N4O6S2/c1-6-8-10-12-14-15-17-19-21-32-47(3,41-25-29-43(30-26-41)59(55,56)57)44(31-33-50-36-34-48(4)38-50)46(40-23-27-42(28-24-40)58(52,53)54)45(51-37-35-49(5)39-51)22-20-18-16-13-11-9-7-2/h23-30,34-39,44-46H,6-22,31-33H2,1-5H3/p+2/t44-,45+,46?,47-/m0/s1. The topological polar surface area (TPSA) is 126 Å². The monoisotopic (exact) mass is 855 g/mol. The van der Waals surface area contributed by atoms with E-state index in [1.807, 2.05) is 49.1 Å². The van der Waals surface area contributed by atoms with Crippen molar-refractivity contribution in [3.8, 4) is 0 Å². The molecule has 4 aromatic rings. The smallest absolute Gasteiger partial charge is 0.282 e. The first-order valence-electron chi connectivity index (χ1n) is 22.4. The van der Waals surface area contributed by atoms with Crippen molar-refractivity contribution in [2.45, 2.75) is 176 Å². The van der Waals surface area contributed by atoms with Gasteiger partial charge in [0.05, 0.1) is 30.4 Å². The van der Waals surface area contributed by atoms with Crippen LogP contribution in [0.25, 0.3) is 0 Å². The Morgan fingerprint density at radius 1 is 0.610 bits per heavy atom. The van der Waals surface area contributed by atoms with Gasteiger partial charge in [-0.25, -0.2) is 18.3 Å². The first-order chi connectivity index (χ1) is 28.2. The summed E-state index contributed by atoms with van der Waals surface area (Å²) in [6, 6.07) is 13.7. The van der Waals surface area contributed by atoms with Crippen molar-refractivity contribution in [2.24, 2.45) is 20.0 Å². The van der Waals surface area contributed by atoms with E-state index in [4.69, 9.17) is 0 Å². The van der Waals surface area contributed by atoms with Crippen LogP contribution in [0.3, 0.4) is 0 Å². The van der Waals surface area contributed by atoms with E-state index in [9.17, 15) is 25.9 Å². The van der Waals surface area contributed by atoms with E-state index in [1.165, 1.54) is 94.9 Å². The predicted molar refractivity (Wildman–Crippen MR) is 235 cm³/mol. The molecular weight excluding hydrogens is 781 g/mol. The molecule has 4 atom stereocenters. The summed E-state index contributed by atoms with van der Waals surface area (Å²) in [7, 11) is -4.74. The van der Waals surface area contributed by atoms with Crippen molar-refractivity contribution >= 4 is 20.2 Å². The SMILES string of the molecule is CCCCCCCCCCC[C@@](C)(c1ccc(S(=O)(=O)O)cc1)[C@@H](CCn1cc[n+](C)c1)C(c1ccc(S(=O)(=O)O)cc1)[C@@H](CCCCCCCCC)n1cc[n+](C)c1. The Morgan fingerprint density at radius 2 is 1.08 bits per heavy atom. The van der Waals surface area contributed by atoms with Crippen LogP contribution in [0.4, 0.5) is 0 Å². The average Bonchev–Trinajstić information content (AvgIpc) is 3.83. The number of benzene rings is 2. The van der Waals surface area contributed by atoms with Gasteiger partial charge < -0.3 is 0 Å². The van der Waals surface area contributed by atoms with Gasteiger partial charge >= 0.3 is 0 Å². The van der Waals surface area contributed by atoms with Gasteiger partial charge in [0.2, 0.25) is 12.7 Å². The second-order valence-electron chi connectivity index (χ2n) is 17.3. The fourth-order valence-corrected chi connectivity index (χ4v) is 10.2. The highest BCUT2D eigenvalue weighted by molar-refractivity contribution is 7.86. The molecule has 0 saturated heterocycles. The van der Waals surface area contributed by atoms with E-state index < -0.39 is 25.7 Å². The molecule has 2 heterocycles. The first-order valence-corrected chi connectivity index (χ1v) is 25.2. The summed E-state index contributed by atoms with van der Waals surface area (Å²) >= 11 is 0. The lowest BCUT2D eigenvalue weighted by atomic mass is 9.59. The highest BCUT2D eigenvalue weighted by Crippen LogP contribution is 2.51. The van der Waals surface area contributed by atoms with Crippen LogP contribution in [0.15, 0.2) is 95.8 Å². The third-order valence-corrected chi connectivity index (χ3v) is 14.4. The number of hydrogen-bond donors (Lipinski definition) is 2. The molecule has 1 unspecified atom stereocenters. The zero-order chi connectivity index (χ0) is 42.9. The average molecular weight is 855 g/mol. The third kappa shape index (κ3) is 15.0. The lowest BCUT2D eigenvalue weighted by molar-refractivity contribution is -0.671. The lowest BCUT2D eigenvalue weighted by Gasteiger charge is -2.45. The highest BCUT2D eigenvalue weighted by atomic mass is 32.2. The molecule has 0 fully saturated rings. The molecule has 10 nitrogen and oxygen atoms in total. The Bertz CT molecular complexity index is 2030. The molecule has 328 valence electrons. The van der Waals surface area contributed by atoms with E-state index in [2.05, 4.69) is 65.7 Å². The van der Waals surface area contributed by atoms with E-state index in [0.717, 1.165) is 69.0 Å². The van der Waals surface area contributed by atoms with Crippen molar-refractivity contribution in [2.75, 3.05) is 0 Å². The molecule has 0 bridgehead atoms. The summed E-state index contributed by atoms with van der Waals surface area (Å²) in [6.45, 7) is 7.56. The summed E-state index contributed by atoms with van der Waals surface area (Å²) < 4.78 is 77.8. The van der Waals surface area contributed by atoms with Gasteiger partial charge in [-0.05, 0) is 72.4 Å². The maximum absolute atomic E-state index is 12.3. The van der Waals surface area contributed by atoms with Gasteiger partial charge in [-0.2, -0.15) is 16.8 Å². The molecule has 0 spiro atoms. The Hall–Kier alpha value is -3.32. The van der Waals surface area contributed by atoms with Crippen LogP contribution in [0.2, 0.25) is 0 Å². The van der Waals surface area contributed by atoms with Crippen molar-refractivity contribution < 1.29 is 35.1 Å². The minimum absolute atomic E-state index is 0.00809. The van der Waals surface area contributed by atoms with Gasteiger partial charge in [-0.1, -0.05) is 141 Å². The second kappa shape index (κ2) is 23.6. The van der Waals surface area contributed by atoms with Crippen molar-refractivity contribution in [1.82, 2.24) is 9.13 Å². The summed E-state index contributed by atoms with van der Waals surface area (Å²) in [5, 5.41) is 0.